The molecule has 41 heavy (non-hydrogen) atoms. The summed E-state index contributed by atoms with van der Waals surface area (Å²) >= 11 is 4.37. The third kappa shape index (κ3) is 7.92. The van der Waals surface area contributed by atoms with Crippen LogP contribution in [0.5, 0.6) is 17.2 Å². The molecular formula is C31H31BrN2O6S. The van der Waals surface area contributed by atoms with Gasteiger partial charge in [0.15, 0.2) is 18.1 Å². The molecule has 1 fully saturated rings. The third-order valence-corrected chi connectivity index (χ3v) is 7.57. The quantitative estimate of drug-likeness (QED) is 0.228. The van der Waals surface area contributed by atoms with Gasteiger partial charge in [0.1, 0.15) is 12.4 Å². The Morgan fingerprint density at radius 3 is 2.51 bits per heavy atom. The number of thioether (sulfide) groups is 1. The zero-order valence-corrected chi connectivity index (χ0v) is 25.7. The lowest BCUT2D eigenvalue weighted by molar-refractivity contribution is -0.123. The van der Waals surface area contributed by atoms with Crippen molar-refractivity contribution < 1.29 is 28.6 Å². The van der Waals surface area contributed by atoms with Crippen molar-refractivity contribution in [2.24, 2.45) is 0 Å². The average molecular weight is 640 g/mol. The molecule has 3 amide bonds. The minimum Gasteiger partial charge on any atom is -0.491 e. The van der Waals surface area contributed by atoms with E-state index in [0.717, 1.165) is 34.2 Å². The largest absolute Gasteiger partial charge is 0.491 e. The number of nitrogens with one attached hydrogen (secondary N) is 1. The van der Waals surface area contributed by atoms with Gasteiger partial charge < -0.3 is 19.5 Å². The van der Waals surface area contributed by atoms with Crippen LogP contribution >= 0.6 is 27.7 Å². The topological polar surface area (TPSA) is 94.2 Å². The van der Waals surface area contributed by atoms with Crippen LogP contribution in [0.3, 0.4) is 0 Å². The van der Waals surface area contributed by atoms with Crippen molar-refractivity contribution >= 4 is 56.5 Å². The SMILES string of the molecule is CCOc1cc(/C=C2\SC(=O)N(CCOc3cc(C)ccc3C)C2=O)cc(Br)c1OCC(=O)Nc1cccc(C)c1. The number of hydrogen-bond acceptors (Lipinski definition) is 7. The fourth-order valence-corrected chi connectivity index (χ4v) is 5.52. The maximum Gasteiger partial charge on any atom is 0.293 e. The molecule has 0 radical (unpaired) electrons. The molecule has 214 valence electrons. The summed E-state index contributed by atoms with van der Waals surface area (Å²) in [6.07, 6.45) is 1.64. The zero-order valence-electron chi connectivity index (χ0n) is 23.3. The van der Waals surface area contributed by atoms with Gasteiger partial charge in [0.25, 0.3) is 17.1 Å². The Morgan fingerprint density at radius 1 is 0.976 bits per heavy atom. The monoisotopic (exact) mass is 638 g/mol. The first-order valence-corrected chi connectivity index (χ1v) is 14.7. The Bertz CT molecular complexity index is 1510. The Hall–Kier alpha value is -3.76. The maximum atomic E-state index is 13.0. The number of aryl methyl sites for hydroxylation is 3. The van der Waals surface area contributed by atoms with Crippen LogP contribution in [0, 0.1) is 20.8 Å². The van der Waals surface area contributed by atoms with Gasteiger partial charge in [-0.05, 0) is 114 Å². The van der Waals surface area contributed by atoms with Crippen LogP contribution in [0.4, 0.5) is 10.5 Å². The van der Waals surface area contributed by atoms with Crippen molar-refractivity contribution in [3.05, 3.63) is 86.2 Å². The molecule has 1 saturated heterocycles. The molecule has 0 bridgehead atoms. The van der Waals surface area contributed by atoms with Crippen LogP contribution in [0.2, 0.25) is 0 Å². The molecular weight excluding hydrogens is 608 g/mol. The highest BCUT2D eigenvalue weighted by molar-refractivity contribution is 9.10. The van der Waals surface area contributed by atoms with E-state index >= 15 is 0 Å². The van der Waals surface area contributed by atoms with E-state index in [9.17, 15) is 14.4 Å². The first kappa shape index (κ1) is 30.2. The number of carbonyl (C=O) groups excluding carboxylic acids is 3. The summed E-state index contributed by atoms with van der Waals surface area (Å²) in [5.41, 5.74) is 4.40. The second kappa shape index (κ2) is 13.7. The summed E-state index contributed by atoms with van der Waals surface area (Å²) in [7, 11) is 0. The van der Waals surface area contributed by atoms with Gasteiger partial charge >= 0.3 is 0 Å². The van der Waals surface area contributed by atoms with E-state index in [0.29, 0.717) is 38.7 Å². The van der Waals surface area contributed by atoms with Crippen molar-refractivity contribution in [3.8, 4) is 17.2 Å². The van der Waals surface area contributed by atoms with Gasteiger partial charge in [0, 0.05) is 5.69 Å². The lowest BCUT2D eigenvalue weighted by Gasteiger charge is -2.15. The molecule has 1 aliphatic heterocycles. The molecule has 8 nitrogen and oxygen atoms in total. The minimum absolute atomic E-state index is 0.140. The van der Waals surface area contributed by atoms with Gasteiger partial charge in [-0.15, -0.1) is 0 Å². The third-order valence-electron chi connectivity index (χ3n) is 6.07. The summed E-state index contributed by atoms with van der Waals surface area (Å²) in [4.78, 5) is 39.6. The molecule has 0 atom stereocenters. The number of imide groups is 1. The van der Waals surface area contributed by atoms with Gasteiger partial charge in [-0.25, -0.2) is 0 Å². The first-order chi connectivity index (χ1) is 19.6. The highest BCUT2D eigenvalue weighted by Crippen LogP contribution is 2.39. The van der Waals surface area contributed by atoms with E-state index in [2.05, 4.69) is 21.2 Å². The number of halogens is 1. The molecule has 0 aromatic heterocycles. The van der Waals surface area contributed by atoms with Crippen LogP contribution in [-0.2, 0) is 9.59 Å². The molecule has 0 aliphatic carbocycles. The van der Waals surface area contributed by atoms with E-state index in [-0.39, 0.29) is 36.8 Å². The Kier molecular flexibility index (Phi) is 10.1. The number of amides is 3. The van der Waals surface area contributed by atoms with Crippen molar-refractivity contribution in [1.29, 1.82) is 0 Å². The van der Waals surface area contributed by atoms with Gasteiger partial charge in [-0.3, -0.25) is 19.3 Å². The first-order valence-electron chi connectivity index (χ1n) is 13.1. The number of benzene rings is 3. The molecule has 1 heterocycles. The summed E-state index contributed by atoms with van der Waals surface area (Å²) < 4.78 is 18.0. The van der Waals surface area contributed by atoms with Crippen LogP contribution in [0.25, 0.3) is 6.08 Å². The van der Waals surface area contributed by atoms with Crippen LogP contribution < -0.4 is 19.5 Å². The predicted molar refractivity (Wildman–Crippen MR) is 165 cm³/mol. The Balaban J connectivity index is 1.42. The van der Waals surface area contributed by atoms with E-state index in [4.69, 9.17) is 14.2 Å². The van der Waals surface area contributed by atoms with Gasteiger partial charge in [0.2, 0.25) is 0 Å². The summed E-state index contributed by atoms with van der Waals surface area (Å²) in [5.74, 6) is 0.796. The van der Waals surface area contributed by atoms with Gasteiger partial charge in [-0.2, -0.15) is 0 Å². The molecule has 1 N–H and O–H groups in total. The lowest BCUT2D eigenvalue weighted by atomic mass is 10.1. The number of hydrogen-bond donors (Lipinski definition) is 1. The number of carbonyl (C=O) groups is 3. The molecule has 0 spiro atoms. The minimum atomic E-state index is -0.383. The molecule has 0 unspecified atom stereocenters. The van der Waals surface area contributed by atoms with E-state index in [1.165, 1.54) is 4.90 Å². The summed E-state index contributed by atoms with van der Waals surface area (Å²) in [5, 5.41) is 2.46. The standard InChI is InChI=1S/C31H31BrN2O6S/c1-5-38-26-16-22(15-24(32)29(26)40-18-28(35)33-23-8-6-7-19(2)13-23)17-27-30(36)34(31(37)41-27)11-12-39-25-14-20(3)9-10-21(25)4/h6-10,13-17H,5,11-12,18H2,1-4H3,(H,33,35)/b27-17-. The summed E-state index contributed by atoms with van der Waals surface area (Å²) in [6, 6.07) is 16.8. The molecule has 4 rings (SSSR count). The highest BCUT2D eigenvalue weighted by atomic mass is 79.9. The zero-order chi connectivity index (χ0) is 29.5. The second-order valence-corrected chi connectivity index (χ2v) is 11.3. The maximum absolute atomic E-state index is 13.0. The van der Waals surface area contributed by atoms with E-state index in [1.54, 1.807) is 24.3 Å². The number of anilines is 1. The van der Waals surface area contributed by atoms with Crippen LogP contribution in [0.15, 0.2) is 64.0 Å². The Labute approximate surface area is 252 Å². The van der Waals surface area contributed by atoms with Crippen molar-refractivity contribution in [2.45, 2.75) is 27.7 Å². The van der Waals surface area contributed by atoms with Gasteiger partial charge in [-0.1, -0.05) is 24.3 Å². The predicted octanol–water partition coefficient (Wildman–Crippen LogP) is 6.91. The molecule has 1 aliphatic rings. The average Bonchev–Trinajstić information content (AvgIpc) is 3.17. The second-order valence-electron chi connectivity index (χ2n) is 9.42. The Morgan fingerprint density at radius 2 is 1.76 bits per heavy atom. The number of rotatable bonds is 11. The number of ether oxygens (including phenoxy) is 3. The van der Waals surface area contributed by atoms with Crippen molar-refractivity contribution in [2.75, 3.05) is 31.7 Å². The number of nitrogens with zero attached hydrogens (tertiary/aromatic N) is 1. The van der Waals surface area contributed by atoms with Crippen molar-refractivity contribution in [3.63, 3.8) is 0 Å². The lowest BCUT2D eigenvalue weighted by Crippen LogP contribution is -2.32. The fraction of sp³-hybridized carbons (Fsp3) is 0.258. The molecule has 3 aromatic carbocycles. The highest BCUT2D eigenvalue weighted by Gasteiger charge is 2.35. The summed E-state index contributed by atoms with van der Waals surface area (Å²) in [6.45, 7) is 8.17. The molecule has 10 heteroatoms. The normalized spacial score (nSPS) is 14.0. The van der Waals surface area contributed by atoms with Gasteiger partial charge in [0.05, 0.1) is 22.5 Å². The van der Waals surface area contributed by atoms with E-state index in [1.807, 2.05) is 64.1 Å². The molecule has 0 saturated carbocycles. The smallest absolute Gasteiger partial charge is 0.293 e. The fourth-order valence-electron chi connectivity index (χ4n) is 4.09. The van der Waals surface area contributed by atoms with Crippen LogP contribution in [-0.4, -0.2) is 48.3 Å². The van der Waals surface area contributed by atoms with Crippen molar-refractivity contribution in [1.82, 2.24) is 4.90 Å². The molecule has 3 aromatic rings. The van der Waals surface area contributed by atoms with E-state index < -0.39 is 0 Å². The van der Waals surface area contributed by atoms with Crippen LogP contribution in [0.1, 0.15) is 29.2 Å².